The van der Waals surface area contributed by atoms with E-state index >= 15 is 0 Å². The van der Waals surface area contributed by atoms with Crippen molar-refractivity contribution in [2.75, 3.05) is 20.0 Å². The molecule has 1 aliphatic heterocycles. The summed E-state index contributed by atoms with van der Waals surface area (Å²) in [6, 6.07) is 18.9. The van der Waals surface area contributed by atoms with Crippen LogP contribution in [0.4, 0.5) is 0 Å². The number of benzene rings is 3. The molecule has 28 heavy (non-hydrogen) atoms. The molecule has 0 saturated heterocycles. The molecule has 1 aromatic heterocycles. The molecular formula is C24H21NO2S. The normalized spacial score (nSPS) is 13.5. The summed E-state index contributed by atoms with van der Waals surface area (Å²) in [5, 5.41) is 3.88. The third-order valence-corrected chi connectivity index (χ3v) is 6.44. The lowest BCUT2D eigenvalue weighted by Crippen LogP contribution is -2.08. The van der Waals surface area contributed by atoms with E-state index in [0.29, 0.717) is 0 Å². The van der Waals surface area contributed by atoms with Crippen molar-refractivity contribution in [3.8, 4) is 22.8 Å². The number of rotatable bonds is 3. The van der Waals surface area contributed by atoms with Crippen molar-refractivity contribution in [2.45, 2.75) is 12.2 Å². The molecule has 0 fully saturated rings. The number of ether oxygens (including phenoxy) is 2. The molecule has 0 radical (unpaired) electrons. The van der Waals surface area contributed by atoms with Gasteiger partial charge in [-0.15, -0.1) is 0 Å². The molecule has 0 atom stereocenters. The summed E-state index contributed by atoms with van der Waals surface area (Å²) in [6.07, 6.45) is 1.07. The first-order chi connectivity index (χ1) is 13.8. The van der Waals surface area contributed by atoms with Gasteiger partial charge >= 0.3 is 0 Å². The molecule has 5 rings (SSSR count). The quantitative estimate of drug-likeness (QED) is 0.412. The Morgan fingerprint density at radius 1 is 0.893 bits per heavy atom. The van der Waals surface area contributed by atoms with Crippen molar-refractivity contribution in [2.24, 2.45) is 0 Å². The highest BCUT2D eigenvalue weighted by Crippen LogP contribution is 2.40. The van der Waals surface area contributed by atoms with Crippen molar-refractivity contribution >= 4 is 33.4 Å². The van der Waals surface area contributed by atoms with Gasteiger partial charge in [-0.3, -0.25) is 0 Å². The molecule has 0 bridgehead atoms. The van der Waals surface area contributed by atoms with Crippen LogP contribution >= 0.6 is 11.8 Å². The van der Waals surface area contributed by atoms with Crippen molar-refractivity contribution < 1.29 is 9.47 Å². The largest absolute Gasteiger partial charge is 0.497 e. The molecule has 0 N–H and O–H groups in total. The van der Waals surface area contributed by atoms with Crippen LogP contribution in [0.25, 0.3) is 32.9 Å². The van der Waals surface area contributed by atoms with Gasteiger partial charge in [0.15, 0.2) is 0 Å². The molecule has 1 aliphatic rings. The number of aryl methyl sites for hydroxylation is 1. The van der Waals surface area contributed by atoms with E-state index in [-0.39, 0.29) is 0 Å². The smallest absolute Gasteiger partial charge is 0.123 e. The topological polar surface area (TPSA) is 31.4 Å². The molecule has 0 spiro atoms. The minimum absolute atomic E-state index is 0.784. The third kappa shape index (κ3) is 2.80. The highest BCUT2D eigenvalue weighted by atomic mass is 32.2. The van der Waals surface area contributed by atoms with Crippen LogP contribution in [0.5, 0.6) is 11.5 Å². The fourth-order valence-corrected chi connectivity index (χ4v) is 5.12. The van der Waals surface area contributed by atoms with E-state index in [9.17, 15) is 0 Å². The Bertz CT molecular complexity index is 1180. The number of hydrogen-bond donors (Lipinski definition) is 0. The van der Waals surface area contributed by atoms with Gasteiger partial charge in [0.05, 0.1) is 25.4 Å². The van der Waals surface area contributed by atoms with Gasteiger partial charge in [0.25, 0.3) is 0 Å². The lowest BCUT2D eigenvalue weighted by molar-refractivity contribution is 0.394. The van der Waals surface area contributed by atoms with Crippen LogP contribution in [0.2, 0.25) is 0 Å². The number of fused-ring (bicyclic) bond motifs is 5. The lowest BCUT2D eigenvalue weighted by Gasteiger charge is -2.22. The predicted molar refractivity (Wildman–Crippen MR) is 118 cm³/mol. The number of methoxy groups -OCH3 is 2. The van der Waals surface area contributed by atoms with Gasteiger partial charge in [-0.1, -0.05) is 30.3 Å². The fraction of sp³-hybridized carbons (Fsp3) is 0.208. The van der Waals surface area contributed by atoms with Crippen molar-refractivity contribution in [3.63, 3.8) is 0 Å². The van der Waals surface area contributed by atoms with Crippen LogP contribution in [0.15, 0.2) is 54.6 Å². The summed E-state index contributed by atoms with van der Waals surface area (Å²) in [6.45, 7) is 0. The first kappa shape index (κ1) is 17.4. The molecule has 0 amide bonds. The second kappa shape index (κ2) is 7.02. The average Bonchev–Trinajstić information content (AvgIpc) is 2.77. The number of pyridine rings is 1. The summed E-state index contributed by atoms with van der Waals surface area (Å²) in [7, 11) is 3.37. The molecule has 3 aromatic carbocycles. The van der Waals surface area contributed by atoms with Crippen LogP contribution in [0.1, 0.15) is 11.1 Å². The Morgan fingerprint density at radius 2 is 1.68 bits per heavy atom. The molecular weight excluding hydrogens is 366 g/mol. The Kier molecular flexibility index (Phi) is 4.36. The van der Waals surface area contributed by atoms with Crippen LogP contribution in [-0.2, 0) is 12.2 Å². The minimum atomic E-state index is 0.784. The Balaban J connectivity index is 1.85. The van der Waals surface area contributed by atoms with Crippen molar-refractivity contribution in [3.05, 3.63) is 65.7 Å². The monoisotopic (exact) mass is 387 g/mol. The third-order valence-electron chi connectivity index (χ3n) is 5.46. The maximum Gasteiger partial charge on any atom is 0.123 e. The highest BCUT2D eigenvalue weighted by Gasteiger charge is 2.21. The number of thioether (sulfide) groups is 1. The molecule has 2 heterocycles. The van der Waals surface area contributed by atoms with E-state index in [0.717, 1.165) is 46.2 Å². The van der Waals surface area contributed by atoms with Gasteiger partial charge in [-0.25, -0.2) is 4.98 Å². The molecule has 0 unspecified atom stereocenters. The maximum absolute atomic E-state index is 5.50. The van der Waals surface area contributed by atoms with E-state index in [4.69, 9.17) is 14.5 Å². The maximum atomic E-state index is 5.50. The van der Waals surface area contributed by atoms with Gasteiger partial charge in [0, 0.05) is 22.8 Å². The van der Waals surface area contributed by atoms with Crippen molar-refractivity contribution in [1.82, 2.24) is 4.98 Å². The number of nitrogens with zero attached hydrogens (tertiary/aromatic N) is 1. The first-order valence-electron chi connectivity index (χ1n) is 9.43. The lowest BCUT2D eigenvalue weighted by atomic mass is 9.92. The van der Waals surface area contributed by atoms with Gasteiger partial charge in [0.2, 0.25) is 0 Å². The summed E-state index contributed by atoms with van der Waals surface area (Å²) in [5.74, 6) is 3.70. The van der Waals surface area contributed by atoms with Gasteiger partial charge in [0.1, 0.15) is 11.5 Å². The van der Waals surface area contributed by atoms with Crippen LogP contribution in [0, 0.1) is 0 Å². The average molecular weight is 388 g/mol. The Morgan fingerprint density at radius 3 is 2.46 bits per heavy atom. The molecule has 4 heteroatoms. The second-order valence-corrected chi connectivity index (χ2v) is 8.11. The summed E-state index contributed by atoms with van der Waals surface area (Å²) >= 11 is 1.98. The summed E-state index contributed by atoms with van der Waals surface area (Å²) in [5.41, 5.74) is 5.93. The van der Waals surface area contributed by atoms with Crippen LogP contribution in [-0.4, -0.2) is 25.0 Å². The van der Waals surface area contributed by atoms with E-state index in [1.807, 2.05) is 17.8 Å². The zero-order valence-electron chi connectivity index (χ0n) is 16.0. The fourth-order valence-electron chi connectivity index (χ4n) is 4.11. The number of aromatic nitrogens is 1. The first-order valence-corrected chi connectivity index (χ1v) is 10.6. The van der Waals surface area contributed by atoms with Gasteiger partial charge in [-0.2, -0.15) is 11.8 Å². The molecule has 140 valence electrons. The molecule has 4 aromatic rings. The second-order valence-electron chi connectivity index (χ2n) is 7.00. The minimum Gasteiger partial charge on any atom is -0.497 e. The SMILES string of the molecule is COc1cc(OC)cc(-c2nc3ccc4ccccc4c3c3c2CSCC3)c1. The molecule has 0 aliphatic carbocycles. The standard InChI is InChI=1S/C24H21NO2S/c1-26-17-11-16(12-18(13-17)27-2)24-21-14-28-10-9-20(21)23-19-6-4-3-5-15(19)7-8-22(23)25-24/h3-8,11-13H,9-10,14H2,1-2H3. The van der Waals surface area contributed by atoms with E-state index in [2.05, 4.69) is 48.5 Å². The van der Waals surface area contributed by atoms with Crippen LogP contribution in [0.3, 0.4) is 0 Å². The number of hydrogen-bond acceptors (Lipinski definition) is 4. The summed E-state index contributed by atoms with van der Waals surface area (Å²) in [4.78, 5) is 5.14. The van der Waals surface area contributed by atoms with Gasteiger partial charge in [-0.05, 0) is 52.3 Å². The van der Waals surface area contributed by atoms with Crippen LogP contribution < -0.4 is 9.47 Å². The molecule has 0 saturated carbocycles. The van der Waals surface area contributed by atoms with Crippen molar-refractivity contribution in [1.29, 1.82) is 0 Å². The van der Waals surface area contributed by atoms with E-state index in [1.54, 1.807) is 14.2 Å². The zero-order chi connectivity index (χ0) is 19.1. The Labute approximate surface area is 168 Å². The van der Waals surface area contributed by atoms with E-state index in [1.165, 1.54) is 27.3 Å². The molecule has 3 nitrogen and oxygen atoms in total. The predicted octanol–water partition coefficient (Wildman–Crippen LogP) is 5.86. The van der Waals surface area contributed by atoms with Gasteiger partial charge < -0.3 is 9.47 Å². The zero-order valence-corrected chi connectivity index (χ0v) is 16.8. The summed E-state index contributed by atoms with van der Waals surface area (Å²) < 4.78 is 11.0. The highest BCUT2D eigenvalue weighted by molar-refractivity contribution is 7.98. The van der Waals surface area contributed by atoms with E-state index < -0.39 is 0 Å². The Hall–Kier alpha value is -2.72.